The first-order chi connectivity index (χ1) is 11.1. The van der Waals surface area contributed by atoms with Crippen LogP contribution < -0.4 is 5.32 Å². The lowest BCUT2D eigenvalue weighted by Gasteiger charge is -2.32. The lowest BCUT2D eigenvalue weighted by molar-refractivity contribution is 0.176. The van der Waals surface area contributed by atoms with Crippen LogP contribution in [0.3, 0.4) is 0 Å². The molecule has 7 heteroatoms. The third kappa shape index (κ3) is 4.27. The quantitative estimate of drug-likeness (QED) is 0.865. The standard InChI is InChI=1S/C16H23N5O2/c1-11-5-6-15(22)14(18-11)8-17-13-4-3-7-21(9-13)10-16-19-12(2)23-20-16/h5-6,13,17,22H,3-4,7-10H2,1-2H3/t13-/m1/s1. The van der Waals surface area contributed by atoms with Crippen molar-refractivity contribution in [3.63, 3.8) is 0 Å². The maximum Gasteiger partial charge on any atom is 0.223 e. The third-order valence-corrected chi connectivity index (χ3v) is 4.09. The SMILES string of the molecule is Cc1ccc(O)c(CN[C@@H]2CCCN(Cc3noc(C)n3)C2)n1. The van der Waals surface area contributed by atoms with Gasteiger partial charge in [0.1, 0.15) is 5.75 Å². The second-order valence-corrected chi connectivity index (χ2v) is 6.10. The molecule has 1 aliphatic heterocycles. The van der Waals surface area contributed by atoms with E-state index in [2.05, 4.69) is 25.3 Å². The zero-order valence-corrected chi connectivity index (χ0v) is 13.6. The van der Waals surface area contributed by atoms with E-state index in [4.69, 9.17) is 4.52 Å². The summed E-state index contributed by atoms with van der Waals surface area (Å²) in [6.45, 7) is 6.99. The molecule has 7 nitrogen and oxygen atoms in total. The molecule has 0 unspecified atom stereocenters. The zero-order valence-electron chi connectivity index (χ0n) is 13.6. The van der Waals surface area contributed by atoms with E-state index >= 15 is 0 Å². The molecule has 1 fully saturated rings. The predicted molar refractivity (Wildman–Crippen MR) is 84.8 cm³/mol. The Labute approximate surface area is 135 Å². The maximum absolute atomic E-state index is 9.87. The Morgan fingerprint density at radius 3 is 3.00 bits per heavy atom. The van der Waals surface area contributed by atoms with Crippen molar-refractivity contribution >= 4 is 0 Å². The summed E-state index contributed by atoms with van der Waals surface area (Å²) in [7, 11) is 0. The number of hydrogen-bond donors (Lipinski definition) is 2. The number of aryl methyl sites for hydroxylation is 2. The van der Waals surface area contributed by atoms with Gasteiger partial charge >= 0.3 is 0 Å². The highest BCUT2D eigenvalue weighted by Gasteiger charge is 2.21. The average Bonchev–Trinajstić information content (AvgIpc) is 2.94. The molecule has 1 aliphatic rings. The average molecular weight is 317 g/mol. The molecule has 0 amide bonds. The minimum Gasteiger partial charge on any atom is -0.506 e. The van der Waals surface area contributed by atoms with Crippen molar-refractivity contribution in [2.24, 2.45) is 0 Å². The van der Waals surface area contributed by atoms with Crippen molar-refractivity contribution < 1.29 is 9.63 Å². The number of piperidine rings is 1. The summed E-state index contributed by atoms with van der Waals surface area (Å²) in [4.78, 5) is 11.0. The Morgan fingerprint density at radius 1 is 1.35 bits per heavy atom. The molecular weight excluding hydrogens is 294 g/mol. The van der Waals surface area contributed by atoms with Crippen molar-refractivity contribution in [3.05, 3.63) is 35.2 Å². The minimum atomic E-state index is 0.248. The molecule has 0 radical (unpaired) electrons. The molecule has 3 heterocycles. The van der Waals surface area contributed by atoms with Crippen LogP contribution in [0, 0.1) is 13.8 Å². The molecule has 0 bridgehead atoms. The van der Waals surface area contributed by atoms with Crippen LogP contribution >= 0.6 is 0 Å². The van der Waals surface area contributed by atoms with Gasteiger partial charge in [0, 0.05) is 31.7 Å². The third-order valence-electron chi connectivity index (χ3n) is 4.09. The van der Waals surface area contributed by atoms with E-state index in [0.717, 1.165) is 37.4 Å². The van der Waals surface area contributed by atoms with Gasteiger partial charge in [0.05, 0.1) is 12.2 Å². The monoisotopic (exact) mass is 317 g/mol. The topological polar surface area (TPSA) is 87.3 Å². The summed E-state index contributed by atoms with van der Waals surface area (Å²) >= 11 is 0. The van der Waals surface area contributed by atoms with E-state index < -0.39 is 0 Å². The lowest BCUT2D eigenvalue weighted by atomic mass is 10.1. The molecule has 2 aromatic heterocycles. The summed E-state index contributed by atoms with van der Waals surface area (Å²) in [5.41, 5.74) is 1.62. The molecule has 1 saturated heterocycles. The zero-order chi connectivity index (χ0) is 16.2. The number of rotatable bonds is 5. The molecule has 2 aromatic rings. The highest BCUT2D eigenvalue weighted by atomic mass is 16.5. The smallest absolute Gasteiger partial charge is 0.223 e. The first-order valence-electron chi connectivity index (χ1n) is 8.00. The van der Waals surface area contributed by atoms with E-state index in [1.807, 2.05) is 13.0 Å². The van der Waals surface area contributed by atoms with Crippen LogP contribution in [0.5, 0.6) is 5.75 Å². The van der Waals surface area contributed by atoms with Crippen LogP contribution in [0.2, 0.25) is 0 Å². The van der Waals surface area contributed by atoms with Crippen molar-refractivity contribution in [1.82, 2.24) is 25.3 Å². The number of nitrogens with zero attached hydrogens (tertiary/aromatic N) is 4. The van der Waals surface area contributed by atoms with Gasteiger partial charge in [-0.25, -0.2) is 0 Å². The fraction of sp³-hybridized carbons (Fsp3) is 0.562. The first kappa shape index (κ1) is 15.9. The van der Waals surface area contributed by atoms with Gasteiger partial charge in [-0.2, -0.15) is 4.98 Å². The lowest BCUT2D eigenvalue weighted by Crippen LogP contribution is -2.45. The maximum atomic E-state index is 9.87. The van der Waals surface area contributed by atoms with Crippen molar-refractivity contribution in [2.45, 2.75) is 45.8 Å². The minimum absolute atomic E-state index is 0.248. The Balaban J connectivity index is 1.53. The summed E-state index contributed by atoms with van der Waals surface area (Å²) < 4.78 is 5.02. The van der Waals surface area contributed by atoms with Gasteiger partial charge in [-0.05, 0) is 38.4 Å². The second kappa shape index (κ2) is 7.06. The van der Waals surface area contributed by atoms with Gasteiger partial charge < -0.3 is 14.9 Å². The summed E-state index contributed by atoms with van der Waals surface area (Å²) in [5.74, 6) is 1.59. The van der Waals surface area contributed by atoms with Gasteiger partial charge in [-0.3, -0.25) is 9.88 Å². The number of pyridine rings is 1. The number of likely N-dealkylation sites (tertiary alicyclic amines) is 1. The van der Waals surface area contributed by atoms with Crippen LogP contribution in [-0.2, 0) is 13.1 Å². The second-order valence-electron chi connectivity index (χ2n) is 6.10. The number of nitrogens with one attached hydrogen (secondary N) is 1. The normalized spacial score (nSPS) is 19.1. The molecule has 0 saturated carbocycles. The van der Waals surface area contributed by atoms with Gasteiger partial charge in [0.15, 0.2) is 5.82 Å². The predicted octanol–water partition coefficient (Wildman–Crippen LogP) is 1.54. The number of hydrogen-bond acceptors (Lipinski definition) is 7. The number of aromatic nitrogens is 3. The first-order valence-corrected chi connectivity index (χ1v) is 8.00. The Kier molecular flexibility index (Phi) is 4.88. The largest absolute Gasteiger partial charge is 0.506 e. The van der Waals surface area contributed by atoms with Crippen LogP contribution in [-0.4, -0.2) is 44.3 Å². The molecule has 3 rings (SSSR count). The van der Waals surface area contributed by atoms with Crippen molar-refractivity contribution in [1.29, 1.82) is 0 Å². The molecule has 0 spiro atoms. The fourth-order valence-corrected chi connectivity index (χ4v) is 2.95. The molecule has 1 atom stereocenters. The fourth-order valence-electron chi connectivity index (χ4n) is 2.95. The van der Waals surface area contributed by atoms with Gasteiger partial charge in [0.25, 0.3) is 0 Å². The van der Waals surface area contributed by atoms with E-state index in [9.17, 15) is 5.11 Å². The van der Waals surface area contributed by atoms with Gasteiger partial charge in [0.2, 0.25) is 5.89 Å². The molecule has 124 valence electrons. The van der Waals surface area contributed by atoms with Gasteiger partial charge in [-0.15, -0.1) is 0 Å². The van der Waals surface area contributed by atoms with Crippen LogP contribution in [0.15, 0.2) is 16.7 Å². The van der Waals surface area contributed by atoms with Crippen molar-refractivity contribution in [3.8, 4) is 5.75 Å². The highest BCUT2D eigenvalue weighted by Crippen LogP contribution is 2.17. The number of aromatic hydroxyl groups is 1. The van der Waals surface area contributed by atoms with Crippen LogP contribution in [0.1, 0.15) is 35.9 Å². The van der Waals surface area contributed by atoms with E-state index in [-0.39, 0.29) is 5.75 Å². The van der Waals surface area contributed by atoms with E-state index in [0.29, 0.717) is 30.7 Å². The van der Waals surface area contributed by atoms with Crippen molar-refractivity contribution in [2.75, 3.05) is 13.1 Å². The Bertz CT molecular complexity index is 658. The highest BCUT2D eigenvalue weighted by molar-refractivity contribution is 5.27. The van der Waals surface area contributed by atoms with Crippen LogP contribution in [0.25, 0.3) is 0 Å². The molecule has 2 N–H and O–H groups in total. The molecule has 23 heavy (non-hydrogen) atoms. The van der Waals surface area contributed by atoms with E-state index in [1.165, 1.54) is 0 Å². The Hall–Kier alpha value is -1.99. The summed E-state index contributed by atoms with van der Waals surface area (Å²) in [6.07, 6.45) is 2.25. The summed E-state index contributed by atoms with van der Waals surface area (Å²) in [5, 5.41) is 17.3. The van der Waals surface area contributed by atoms with Gasteiger partial charge in [-0.1, -0.05) is 5.16 Å². The molecular formula is C16H23N5O2. The molecule has 0 aliphatic carbocycles. The Morgan fingerprint density at radius 2 is 2.22 bits per heavy atom. The molecule has 0 aromatic carbocycles. The van der Waals surface area contributed by atoms with Crippen LogP contribution in [0.4, 0.5) is 0 Å². The van der Waals surface area contributed by atoms with E-state index in [1.54, 1.807) is 13.0 Å². The summed E-state index contributed by atoms with van der Waals surface area (Å²) in [6, 6.07) is 3.89.